The summed E-state index contributed by atoms with van der Waals surface area (Å²) in [7, 11) is 1.23. The topological polar surface area (TPSA) is 83.9 Å². The molecule has 0 aliphatic heterocycles. The van der Waals surface area contributed by atoms with Crippen molar-refractivity contribution in [3.8, 4) is 0 Å². The Labute approximate surface area is 106 Å². The molecule has 0 saturated carbocycles. The molecule has 0 fully saturated rings. The second kappa shape index (κ2) is 6.78. The number of carbonyl (C=O) groups excluding carboxylic acids is 2. The fourth-order valence-electron chi connectivity index (χ4n) is 1.23. The van der Waals surface area contributed by atoms with Crippen LogP contribution in [0.4, 0.5) is 0 Å². The summed E-state index contributed by atoms with van der Waals surface area (Å²) in [6.07, 6.45) is 0. The highest BCUT2D eigenvalue weighted by Gasteiger charge is 2.24. The van der Waals surface area contributed by atoms with Crippen molar-refractivity contribution >= 4 is 17.8 Å². The van der Waals surface area contributed by atoms with E-state index in [0.717, 1.165) is 0 Å². The summed E-state index contributed by atoms with van der Waals surface area (Å²) < 4.78 is 4.50. The predicted molar refractivity (Wildman–Crippen MR) is 64.9 cm³/mol. The molecule has 0 aliphatic carbocycles. The summed E-state index contributed by atoms with van der Waals surface area (Å²) in [5.74, 6) is -2.17. The molecule has 6 nitrogen and oxygen atoms in total. The van der Waals surface area contributed by atoms with E-state index >= 15 is 0 Å². The predicted octanol–water partition coefficient (Wildman–Crippen LogP) is 0.817. The maximum absolute atomic E-state index is 12.1. The first kappa shape index (κ1) is 16.1. The van der Waals surface area contributed by atoms with Crippen LogP contribution in [0, 0.1) is 0 Å². The summed E-state index contributed by atoms with van der Waals surface area (Å²) in [4.78, 5) is 35.4. The number of amides is 1. The third-order valence-corrected chi connectivity index (χ3v) is 2.62. The molecular weight excluding hydrogens is 238 g/mol. The number of nitrogens with zero attached hydrogens (tertiary/aromatic N) is 1. The largest absolute Gasteiger partial charge is 0.478 e. The minimum Gasteiger partial charge on any atom is -0.478 e. The zero-order chi connectivity index (χ0) is 14.5. The van der Waals surface area contributed by atoms with Crippen LogP contribution in [0.1, 0.15) is 27.7 Å². The summed E-state index contributed by atoms with van der Waals surface area (Å²) in [6, 6.07) is -0.229. The Hall–Kier alpha value is -1.85. The number of rotatable bonds is 5. The first-order chi connectivity index (χ1) is 8.22. The fraction of sp³-hybridized carbons (Fsp3) is 0.583. The zero-order valence-electron chi connectivity index (χ0n) is 11.3. The van der Waals surface area contributed by atoms with Gasteiger partial charge in [-0.3, -0.25) is 9.59 Å². The molecule has 0 heterocycles. The molecule has 1 amide bonds. The van der Waals surface area contributed by atoms with E-state index in [-0.39, 0.29) is 23.7 Å². The van der Waals surface area contributed by atoms with E-state index in [0.29, 0.717) is 0 Å². The number of hydrogen-bond donors (Lipinski definition) is 1. The summed E-state index contributed by atoms with van der Waals surface area (Å²) in [5.41, 5.74) is 0.0793. The van der Waals surface area contributed by atoms with E-state index < -0.39 is 17.8 Å². The van der Waals surface area contributed by atoms with Crippen LogP contribution >= 0.6 is 0 Å². The van der Waals surface area contributed by atoms with Gasteiger partial charge >= 0.3 is 11.9 Å². The molecule has 0 bridgehead atoms. The lowest BCUT2D eigenvalue weighted by molar-refractivity contribution is -0.146. The van der Waals surface area contributed by atoms with Crippen molar-refractivity contribution < 1.29 is 24.2 Å². The molecule has 0 unspecified atom stereocenters. The van der Waals surface area contributed by atoms with Gasteiger partial charge in [-0.15, -0.1) is 0 Å². The van der Waals surface area contributed by atoms with Gasteiger partial charge in [-0.25, -0.2) is 4.79 Å². The minimum atomic E-state index is -1.15. The van der Waals surface area contributed by atoms with E-state index in [1.807, 2.05) is 0 Å². The first-order valence-corrected chi connectivity index (χ1v) is 5.50. The lowest BCUT2D eigenvalue weighted by atomic mass is 10.1. The normalized spacial score (nSPS) is 11.9. The van der Waals surface area contributed by atoms with Crippen molar-refractivity contribution in [3.05, 3.63) is 11.1 Å². The maximum atomic E-state index is 12.1. The highest BCUT2D eigenvalue weighted by atomic mass is 16.5. The van der Waals surface area contributed by atoms with Crippen LogP contribution in [0.25, 0.3) is 0 Å². The fourth-order valence-corrected chi connectivity index (χ4v) is 1.23. The number of methoxy groups -OCH3 is 1. The van der Waals surface area contributed by atoms with E-state index in [9.17, 15) is 14.4 Å². The molecule has 1 N–H and O–H groups in total. The third kappa shape index (κ3) is 4.20. The highest BCUT2D eigenvalue weighted by molar-refractivity contribution is 6.02. The van der Waals surface area contributed by atoms with Gasteiger partial charge in [-0.2, -0.15) is 0 Å². The highest BCUT2D eigenvalue weighted by Crippen LogP contribution is 2.11. The second-order valence-corrected chi connectivity index (χ2v) is 4.16. The number of hydrogen-bond acceptors (Lipinski definition) is 4. The number of ether oxygens (including phenoxy) is 1. The molecular formula is C12H19NO5. The number of carbonyl (C=O) groups is 3. The Morgan fingerprint density at radius 2 is 1.67 bits per heavy atom. The van der Waals surface area contributed by atoms with Crippen LogP contribution in [0.15, 0.2) is 11.1 Å². The van der Waals surface area contributed by atoms with Crippen molar-refractivity contribution in [2.24, 2.45) is 0 Å². The SMILES string of the molecule is COC(=O)CN(C(=O)C(C)=C(C)C(=O)O)C(C)C. The molecule has 0 aromatic rings. The van der Waals surface area contributed by atoms with Crippen molar-refractivity contribution in [2.75, 3.05) is 13.7 Å². The summed E-state index contributed by atoms with van der Waals surface area (Å²) in [5, 5.41) is 8.83. The average Bonchev–Trinajstić information content (AvgIpc) is 2.32. The van der Waals surface area contributed by atoms with E-state index in [2.05, 4.69) is 4.74 Å². The van der Waals surface area contributed by atoms with Gasteiger partial charge < -0.3 is 14.7 Å². The molecule has 0 aromatic carbocycles. The van der Waals surface area contributed by atoms with E-state index in [1.165, 1.54) is 25.9 Å². The quantitative estimate of drug-likeness (QED) is 0.582. The van der Waals surface area contributed by atoms with Gasteiger partial charge in [0.1, 0.15) is 6.54 Å². The number of aliphatic carboxylic acids is 1. The van der Waals surface area contributed by atoms with Crippen LogP contribution in [-0.4, -0.2) is 47.5 Å². The molecule has 0 spiro atoms. The van der Waals surface area contributed by atoms with Gasteiger partial charge in [0.05, 0.1) is 7.11 Å². The Balaban J connectivity index is 5.16. The van der Waals surface area contributed by atoms with Crippen LogP contribution < -0.4 is 0 Å². The van der Waals surface area contributed by atoms with Gasteiger partial charge in [-0.05, 0) is 27.7 Å². The molecule has 102 valence electrons. The molecule has 0 radical (unpaired) electrons. The minimum absolute atomic E-state index is 0.0319. The van der Waals surface area contributed by atoms with Gasteiger partial charge in [0, 0.05) is 17.2 Å². The first-order valence-electron chi connectivity index (χ1n) is 5.50. The van der Waals surface area contributed by atoms with Crippen molar-refractivity contribution in [2.45, 2.75) is 33.7 Å². The molecule has 0 rings (SSSR count). The number of carboxylic acid groups (broad SMARTS) is 1. The Morgan fingerprint density at radius 1 is 1.17 bits per heavy atom. The van der Waals surface area contributed by atoms with E-state index in [1.54, 1.807) is 13.8 Å². The van der Waals surface area contributed by atoms with Gasteiger partial charge in [0.15, 0.2) is 0 Å². The van der Waals surface area contributed by atoms with Crippen molar-refractivity contribution in [1.82, 2.24) is 4.90 Å². The molecule has 18 heavy (non-hydrogen) atoms. The molecule has 0 aliphatic rings. The van der Waals surface area contributed by atoms with Gasteiger partial charge in [0.25, 0.3) is 5.91 Å². The van der Waals surface area contributed by atoms with Gasteiger partial charge in [-0.1, -0.05) is 0 Å². The average molecular weight is 257 g/mol. The lowest BCUT2D eigenvalue weighted by Gasteiger charge is -2.26. The molecule has 0 atom stereocenters. The standard InChI is InChI=1S/C12H19NO5/c1-7(2)13(6-10(14)18-5)11(15)8(3)9(4)12(16)17/h7H,6H2,1-5H3,(H,16,17). The third-order valence-electron chi connectivity index (χ3n) is 2.62. The van der Waals surface area contributed by atoms with Crippen LogP contribution in [0.5, 0.6) is 0 Å². The summed E-state index contributed by atoms with van der Waals surface area (Å²) in [6.45, 7) is 6.07. The lowest BCUT2D eigenvalue weighted by Crippen LogP contribution is -2.41. The van der Waals surface area contributed by atoms with Crippen molar-refractivity contribution in [3.63, 3.8) is 0 Å². The molecule has 0 saturated heterocycles. The maximum Gasteiger partial charge on any atom is 0.331 e. The monoisotopic (exact) mass is 257 g/mol. The Morgan fingerprint density at radius 3 is 2.00 bits per heavy atom. The smallest absolute Gasteiger partial charge is 0.331 e. The molecule has 0 aromatic heterocycles. The Bertz CT molecular complexity index is 384. The number of esters is 1. The zero-order valence-corrected chi connectivity index (χ0v) is 11.3. The van der Waals surface area contributed by atoms with Crippen molar-refractivity contribution in [1.29, 1.82) is 0 Å². The van der Waals surface area contributed by atoms with Crippen LogP contribution in [-0.2, 0) is 19.1 Å². The van der Waals surface area contributed by atoms with Crippen LogP contribution in [0.2, 0.25) is 0 Å². The summed E-state index contributed by atoms with van der Waals surface area (Å²) >= 11 is 0. The number of carboxylic acids is 1. The van der Waals surface area contributed by atoms with E-state index in [4.69, 9.17) is 5.11 Å². The van der Waals surface area contributed by atoms with Gasteiger partial charge in [0.2, 0.25) is 0 Å². The van der Waals surface area contributed by atoms with Crippen LogP contribution in [0.3, 0.4) is 0 Å². The Kier molecular flexibility index (Phi) is 6.08. The second-order valence-electron chi connectivity index (χ2n) is 4.16. The molecule has 6 heteroatoms.